The summed E-state index contributed by atoms with van der Waals surface area (Å²) in [5.74, 6) is 0. The minimum absolute atomic E-state index is 0.182. The molecule has 5 atom stereocenters. The van der Waals surface area contributed by atoms with Crippen molar-refractivity contribution in [2.45, 2.75) is 56.3 Å². The van der Waals surface area contributed by atoms with E-state index in [1.54, 1.807) is 22.3 Å². The van der Waals surface area contributed by atoms with Crippen molar-refractivity contribution in [3.05, 3.63) is 70.8 Å². The minimum Gasteiger partial charge on any atom is -0.270 e. The van der Waals surface area contributed by atoms with Crippen molar-refractivity contribution in [3.63, 3.8) is 0 Å². The van der Waals surface area contributed by atoms with Gasteiger partial charge in [-0.3, -0.25) is 4.48 Å². The van der Waals surface area contributed by atoms with Crippen LogP contribution in [-0.4, -0.2) is 10.5 Å². The molecule has 0 aromatic heterocycles. The molecule has 4 heterocycles. The maximum atomic E-state index is 2.53. The van der Waals surface area contributed by atoms with Crippen LogP contribution in [-0.2, 0) is 16.6 Å². The van der Waals surface area contributed by atoms with Crippen LogP contribution in [0.25, 0.3) is 0 Å². The molecule has 22 heavy (non-hydrogen) atoms. The first-order valence-corrected chi connectivity index (χ1v) is 8.72. The Labute approximate surface area is 132 Å². The quantitative estimate of drug-likeness (QED) is 0.567. The lowest BCUT2D eigenvalue weighted by Crippen LogP contribution is -2.43. The third kappa shape index (κ3) is 0.697. The van der Waals surface area contributed by atoms with E-state index < -0.39 is 0 Å². The van der Waals surface area contributed by atoms with Gasteiger partial charge >= 0.3 is 0 Å². The van der Waals surface area contributed by atoms with E-state index in [0.717, 1.165) is 6.04 Å². The zero-order valence-electron chi connectivity index (χ0n) is 13.6. The molecule has 2 aromatic rings. The van der Waals surface area contributed by atoms with Crippen molar-refractivity contribution in [2.24, 2.45) is 0 Å². The Morgan fingerprint density at radius 1 is 0.864 bits per heavy atom. The van der Waals surface area contributed by atoms with Gasteiger partial charge in [0.1, 0.15) is 0 Å². The van der Waals surface area contributed by atoms with Crippen molar-refractivity contribution in [3.8, 4) is 0 Å². The Balaban J connectivity index is 1.75. The van der Waals surface area contributed by atoms with Crippen molar-refractivity contribution in [2.75, 3.05) is 0 Å². The Kier molecular flexibility index (Phi) is 1.58. The Hall–Kier alpha value is -1.60. The summed E-state index contributed by atoms with van der Waals surface area (Å²) in [7, 11) is 0. The van der Waals surface area contributed by atoms with Crippen molar-refractivity contribution < 1.29 is 4.48 Å². The zero-order chi connectivity index (χ0) is 15.0. The van der Waals surface area contributed by atoms with Gasteiger partial charge in [-0.25, -0.2) is 0 Å². The lowest BCUT2D eigenvalue weighted by atomic mass is 9.73. The van der Waals surface area contributed by atoms with Crippen LogP contribution in [0, 0.1) is 0 Å². The summed E-state index contributed by atoms with van der Waals surface area (Å²) in [4.78, 5) is 0. The second-order valence-corrected chi connectivity index (χ2v) is 8.11. The summed E-state index contributed by atoms with van der Waals surface area (Å²) in [6.45, 7) is 7.41. The summed E-state index contributed by atoms with van der Waals surface area (Å²) in [5.41, 5.74) is 7.47. The van der Waals surface area contributed by atoms with E-state index in [4.69, 9.17) is 0 Å². The number of rotatable bonds is 2. The van der Waals surface area contributed by atoms with Crippen molar-refractivity contribution in [1.29, 1.82) is 0 Å². The van der Waals surface area contributed by atoms with Gasteiger partial charge in [0.05, 0.1) is 0 Å². The highest BCUT2D eigenvalue weighted by molar-refractivity contribution is 5.66. The van der Waals surface area contributed by atoms with E-state index in [2.05, 4.69) is 69.3 Å². The van der Waals surface area contributed by atoms with E-state index in [1.165, 1.54) is 17.3 Å². The molecule has 4 aliphatic rings. The molecule has 0 N–H and O–H groups in total. The molecule has 1 heteroatoms. The average molecular weight is 288 g/mol. The summed E-state index contributed by atoms with van der Waals surface area (Å²) >= 11 is 0. The molecule has 4 aliphatic heterocycles. The Morgan fingerprint density at radius 2 is 1.41 bits per heavy atom. The number of benzene rings is 2. The van der Waals surface area contributed by atoms with Gasteiger partial charge < -0.3 is 0 Å². The fraction of sp³-hybridized carbons (Fsp3) is 0.429. The Bertz CT molecular complexity index is 870. The smallest absolute Gasteiger partial charge is 0.211 e. The minimum atomic E-state index is 0.182. The molecule has 2 saturated heterocycles. The van der Waals surface area contributed by atoms with Crippen molar-refractivity contribution >= 4 is 0 Å². The van der Waals surface area contributed by atoms with E-state index in [-0.39, 0.29) is 5.54 Å². The number of hydrogen-bond donors (Lipinski definition) is 0. The fourth-order valence-corrected chi connectivity index (χ4v) is 7.62. The molecule has 6 rings (SSSR count). The van der Waals surface area contributed by atoms with Crippen molar-refractivity contribution in [1.82, 2.24) is 0 Å². The van der Waals surface area contributed by atoms with Crippen LogP contribution in [0.3, 0.4) is 0 Å². The highest BCUT2D eigenvalue weighted by Crippen LogP contribution is 2.97. The topological polar surface area (TPSA) is 0 Å². The predicted molar refractivity (Wildman–Crippen MR) is 87.3 cm³/mol. The predicted octanol–water partition coefficient (Wildman–Crippen LogP) is 4.40. The summed E-state index contributed by atoms with van der Waals surface area (Å²) in [6.07, 6.45) is 2.63. The first-order valence-electron chi connectivity index (χ1n) is 8.72. The van der Waals surface area contributed by atoms with Crippen LogP contribution in [0.15, 0.2) is 48.5 Å². The summed E-state index contributed by atoms with van der Waals surface area (Å²) < 4.78 is 1.32. The number of nitrogens with zero attached hydrogens (tertiary/aromatic N) is 1. The average Bonchev–Trinajstić information content (AvgIpc) is 3.35. The van der Waals surface area contributed by atoms with Crippen LogP contribution in [0.4, 0.5) is 0 Å². The molecule has 0 radical (unpaired) electrons. The molecule has 3 unspecified atom stereocenters. The lowest BCUT2D eigenvalue weighted by molar-refractivity contribution is -0.833. The Morgan fingerprint density at radius 3 is 2.05 bits per heavy atom. The lowest BCUT2D eigenvalue weighted by Gasteiger charge is -2.30. The van der Waals surface area contributed by atoms with Gasteiger partial charge in [0.15, 0.2) is 16.6 Å². The van der Waals surface area contributed by atoms with E-state index in [0.29, 0.717) is 11.1 Å². The molecule has 0 bridgehead atoms. The molecule has 0 amide bonds. The van der Waals surface area contributed by atoms with Gasteiger partial charge in [-0.1, -0.05) is 55.5 Å². The normalized spacial score (nSPS) is 47.5. The molecule has 0 aliphatic carbocycles. The first-order chi connectivity index (χ1) is 10.6. The number of hydrogen-bond acceptors (Lipinski definition) is 0. The molecule has 2 fully saturated rings. The largest absolute Gasteiger partial charge is 0.270 e. The molecule has 1 nitrogen and oxygen atoms in total. The molecular weight excluding hydrogens is 266 g/mol. The van der Waals surface area contributed by atoms with Crippen LogP contribution < -0.4 is 0 Å². The summed E-state index contributed by atoms with van der Waals surface area (Å²) in [6, 6.07) is 19.4. The SMILES string of the molecule is CCC[C@@]12c3ccccc3C3(C)c4ccccc4[C@@]4(C)C1[N+]342. The first kappa shape index (κ1) is 11.9. The second kappa shape index (κ2) is 2.92. The van der Waals surface area contributed by atoms with E-state index in [9.17, 15) is 0 Å². The molecule has 110 valence electrons. The van der Waals surface area contributed by atoms with E-state index >= 15 is 0 Å². The fourth-order valence-electron chi connectivity index (χ4n) is 7.62. The highest BCUT2D eigenvalue weighted by Gasteiger charge is 3.14. The standard InChI is InChI=1S/C21H22N/c1-4-13-21-17-12-8-7-11-16(17)19(2)14-9-5-6-10-15(14)20(3)18(21)22(19,20)21/h5-12,18H,4,13H2,1-3H3/q+1/t18?,19?,20-,21+,22?/m0/s1. The van der Waals surface area contributed by atoms with Crippen LogP contribution in [0.1, 0.15) is 55.9 Å². The van der Waals surface area contributed by atoms with Crippen LogP contribution in [0.2, 0.25) is 0 Å². The maximum Gasteiger partial charge on any atom is 0.211 e. The number of fused-ring (bicyclic) bond motifs is 8. The summed E-state index contributed by atoms with van der Waals surface area (Å²) in [5, 5.41) is 0. The van der Waals surface area contributed by atoms with Gasteiger partial charge in [-0.15, -0.1) is 0 Å². The van der Waals surface area contributed by atoms with Crippen LogP contribution in [0.5, 0.6) is 0 Å². The number of quaternary nitrogens is 1. The van der Waals surface area contributed by atoms with Gasteiger partial charge in [0, 0.05) is 35.6 Å². The van der Waals surface area contributed by atoms with Gasteiger partial charge in [-0.05, 0) is 13.3 Å². The van der Waals surface area contributed by atoms with Crippen LogP contribution >= 0.6 is 0 Å². The van der Waals surface area contributed by atoms with Gasteiger partial charge in [-0.2, -0.15) is 0 Å². The molecular formula is C21H22N+. The maximum absolute atomic E-state index is 2.53. The second-order valence-electron chi connectivity index (χ2n) is 8.11. The van der Waals surface area contributed by atoms with E-state index in [1.807, 2.05) is 0 Å². The highest BCUT2D eigenvalue weighted by atomic mass is 15.8. The third-order valence-electron chi connectivity index (χ3n) is 7.85. The monoisotopic (exact) mass is 288 g/mol. The van der Waals surface area contributed by atoms with Gasteiger partial charge in [0.25, 0.3) is 0 Å². The molecule has 0 saturated carbocycles. The molecule has 2 aromatic carbocycles. The molecule has 1 spiro atoms. The van der Waals surface area contributed by atoms with Gasteiger partial charge in [0.2, 0.25) is 6.04 Å². The third-order valence-corrected chi connectivity index (χ3v) is 7.85. The zero-order valence-corrected chi connectivity index (χ0v) is 13.6.